The van der Waals surface area contributed by atoms with Crippen LogP contribution in [0.4, 0.5) is 17.1 Å². The first-order chi connectivity index (χ1) is 15.5. The van der Waals surface area contributed by atoms with Gasteiger partial charge in [0.15, 0.2) is 0 Å². The molecule has 0 saturated carbocycles. The molecule has 162 valence electrons. The largest absolute Gasteiger partial charge is 0.356 e. The van der Waals surface area contributed by atoms with E-state index in [9.17, 15) is 13.2 Å². The second-order valence-corrected chi connectivity index (χ2v) is 9.75. The van der Waals surface area contributed by atoms with Crippen LogP contribution in [0, 0.1) is 0 Å². The topological polar surface area (TPSA) is 87.3 Å². The minimum Gasteiger partial charge on any atom is -0.356 e. The Morgan fingerprint density at radius 1 is 0.781 bits per heavy atom. The number of para-hydroxylation sites is 1. The van der Waals surface area contributed by atoms with Gasteiger partial charge in [-0.15, -0.1) is 11.3 Å². The molecule has 0 aliphatic carbocycles. The van der Waals surface area contributed by atoms with Gasteiger partial charge in [0.2, 0.25) is 10.0 Å². The van der Waals surface area contributed by atoms with Crippen LogP contribution in [0.25, 0.3) is 0 Å². The molecule has 3 aromatic carbocycles. The molecule has 0 unspecified atom stereocenters. The highest BCUT2D eigenvalue weighted by atomic mass is 32.2. The molecular formula is C24H21N3O3S2. The maximum Gasteiger partial charge on any atom is 0.255 e. The van der Waals surface area contributed by atoms with Crippen LogP contribution in [0.1, 0.15) is 15.2 Å². The zero-order valence-corrected chi connectivity index (χ0v) is 18.6. The smallest absolute Gasteiger partial charge is 0.255 e. The number of thiophene rings is 1. The Hall–Kier alpha value is -3.46. The van der Waals surface area contributed by atoms with Gasteiger partial charge < -0.3 is 10.6 Å². The summed E-state index contributed by atoms with van der Waals surface area (Å²) in [6.45, 7) is 0.208. The zero-order valence-electron chi connectivity index (χ0n) is 17.0. The predicted octanol–water partition coefficient (Wildman–Crippen LogP) is 5.22. The van der Waals surface area contributed by atoms with Crippen molar-refractivity contribution in [1.29, 1.82) is 0 Å². The number of nitrogens with one attached hydrogen (secondary N) is 3. The number of hydrogen-bond donors (Lipinski definition) is 3. The molecule has 0 radical (unpaired) electrons. The highest BCUT2D eigenvalue weighted by molar-refractivity contribution is 7.89. The minimum atomic E-state index is -3.73. The SMILES string of the molecule is O=C(Nc1ccc(Nc2ccccc2)cc1)c1cccc(S(=O)(=O)NCc2cccs2)c1. The van der Waals surface area contributed by atoms with E-state index in [0.29, 0.717) is 5.69 Å². The van der Waals surface area contributed by atoms with E-state index in [-0.39, 0.29) is 22.9 Å². The van der Waals surface area contributed by atoms with Crippen molar-refractivity contribution in [2.75, 3.05) is 10.6 Å². The Balaban J connectivity index is 1.41. The van der Waals surface area contributed by atoms with Crippen molar-refractivity contribution in [2.45, 2.75) is 11.4 Å². The Kier molecular flexibility index (Phi) is 6.65. The molecule has 4 aromatic rings. The van der Waals surface area contributed by atoms with Crippen molar-refractivity contribution >= 4 is 44.3 Å². The van der Waals surface area contributed by atoms with Crippen molar-refractivity contribution in [2.24, 2.45) is 0 Å². The molecule has 1 heterocycles. The summed E-state index contributed by atoms with van der Waals surface area (Å²) in [6, 6.07) is 26.8. The maximum absolute atomic E-state index is 12.7. The Morgan fingerprint density at radius 3 is 2.22 bits per heavy atom. The third-order valence-corrected chi connectivity index (χ3v) is 6.90. The lowest BCUT2D eigenvalue weighted by molar-refractivity contribution is 0.102. The highest BCUT2D eigenvalue weighted by Crippen LogP contribution is 2.20. The summed E-state index contributed by atoms with van der Waals surface area (Å²) in [5.74, 6) is -0.385. The number of amides is 1. The number of sulfonamides is 1. The standard InChI is InChI=1S/C24H21N3O3S2/c28-24(27-21-13-11-20(12-14-21)26-19-7-2-1-3-8-19)18-6-4-10-23(16-18)32(29,30)25-17-22-9-5-15-31-22/h1-16,25-26H,17H2,(H,27,28). The van der Waals surface area contributed by atoms with Crippen molar-refractivity contribution in [3.8, 4) is 0 Å². The van der Waals surface area contributed by atoms with Crippen LogP contribution in [-0.4, -0.2) is 14.3 Å². The monoisotopic (exact) mass is 463 g/mol. The first-order valence-electron chi connectivity index (χ1n) is 9.85. The summed E-state index contributed by atoms with van der Waals surface area (Å²) in [5, 5.41) is 7.97. The molecule has 6 nitrogen and oxygen atoms in total. The quantitative estimate of drug-likeness (QED) is 0.334. The number of anilines is 3. The van der Waals surface area contributed by atoms with Gasteiger partial charge in [0.1, 0.15) is 0 Å². The third kappa shape index (κ3) is 5.61. The summed E-state index contributed by atoms with van der Waals surface area (Å²) in [5.41, 5.74) is 2.72. The third-order valence-electron chi connectivity index (χ3n) is 4.63. The molecule has 0 aliphatic heterocycles. The van der Waals surface area contributed by atoms with Gasteiger partial charge in [-0.1, -0.05) is 30.3 Å². The van der Waals surface area contributed by atoms with Crippen molar-refractivity contribution in [1.82, 2.24) is 4.72 Å². The minimum absolute atomic E-state index is 0.0455. The molecule has 0 saturated heterocycles. The van der Waals surface area contributed by atoms with E-state index < -0.39 is 10.0 Å². The fourth-order valence-corrected chi connectivity index (χ4v) is 4.78. The molecule has 0 fully saturated rings. The van der Waals surface area contributed by atoms with Crippen LogP contribution in [0.2, 0.25) is 0 Å². The fraction of sp³-hybridized carbons (Fsp3) is 0.0417. The van der Waals surface area contributed by atoms with Gasteiger partial charge in [-0.25, -0.2) is 13.1 Å². The molecular weight excluding hydrogens is 442 g/mol. The van der Waals surface area contributed by atoms with Crippen LogP contribution < -0.4 is 15.4 Å². The van der Waals surface area contributed by atoms with Crippen molar-refractivity contribution in [3.05, 3.63) is 107 Å². The molecule has 4 rings (SSSR count). The summed E-state index contributed by atoms with van der Waals surface area (Å²) in [4.78, 5) is 13.6. The number of benzene rings is 3. The van der Waals surface area contributed by atoms with Gasteiger partial charge in [-0.3, -0.25) is 4.79 Å². The molecule has 32 heavy (non-hydrogen) atoms. The normalized spacial score (nSPS) is 11.1. The van der Waals surface area contributed by atoms with Crippen LogP contribution in [0.5, 0.6) is 0 Å². The first kappa shape index (κ1) is 21.8. The average Bonchev–Trinajstić information content (AvgIpc) is 3.34. The molecule has 3 N–H and O–H groups in total. The lowest BCUT2D eigenvalue weighted by atomic mass is 10.2. The lowest BCUT2D eigenvalue weighted by Gasteiger charge is -2.10. The molecule has 0 spiro atoms. The fourth-order valence-electron chi connectivity index (χ4n) is 3.00. The van der Waals surface area contributed by atoms with Crippen molar-refractivity contribution in [3.63, 3.8) is 0 Å². The highest BCUT2D eigenvalue weighted by Gasteiger charge is 2.16. The van der Waals surface area contributed by atoms with Gasteiger partial charge in [0.25, 0.3) is 5.91 Å². The first-order valence-corrected chi connectivity index (χ1v) is 12.2. The Morgan fingerprint density at radius 2 is 1.50 bits per heavy atom. The van der Waals surface area contributed by atoms with E-state index in [0.717, 1.165) is 16.3 Å². The van der Waals surface area contributed by atoms with Crippen LogP contribution in [0.15, 0.2) is 101 Å². The Labute approximate surface area is 191 Å². The number of carbonyl (C=O) groups is 1. The van der Waals surface area contributed by atoms with Crippen molar-refractivity contribution < 1.29 is 13.2 Å². The second kappa shape index (κ2) is 9.78. The predicted molar refractivity (Wildman–Crippen MR) is 129 cm³/mol. The molecule has 1 aromatic heterocycles. The lowest BCUT2D eigenvalue weighted by Crippen LogP contribution is -2.23. The second-order valence-electron chi connectivity index (χ2n) is 6.95. The van der Waals surface area contributed by atoms with Crippen LogP contribution in [-0.2, 0) is 16.6 Å². The maximum atomic E-state index is 12.7. The zero-order chi connectivity index (χ0) is 22.4. The average molecular weight is 464 g/mol. The summed E-state index contributed by atoms with van der Waals surface area (Å²) >= 11 is 1.47. The van der Waals surface area contributed by atoms with Crippen LogP contribution in [0.3, 0.4) is 0 Å². The molecule has 0 atom stereocenters. The van der Waals surface area contributed by atoms with E-state index >= 15 is 0 Å². The van der Waals surface area contributed by atoms with Crippen LogP contribution >= 0.6 is 11.3 Å². The summed E-state index contributed by atoms with van der Waals surface area (Å²) in [7, 11) is -3.73. The van der Waals surface area contributed by atoms with E-state index in [2.05, 4.69) is 15.4 Å². The number of hydrogen-bond acceptors (Lipinski definition) is 5. The molecule has 0 aliphatic rings. The van der Waals surface area contributed by atoms with Gasteiger partial charge >= 0.3 is 0 Å². The van der Waals surface area contributed by atoms with E-state index in [1.807, 2.05) is 60.0 Å². The Bertz CT molecular complexity index is 1290. The number of rotatable bonds is 8. The van der Waals surface area contributed by atoms with Gasteiger partial charge in [-0.05, 0) is 66.0 Å². The molecule has 0 bridgehead atoms. The van der Waals surface area contributed by atoms with E-state index in [1.165, 1.54) is 23.5 Å². The van der Waals surface area contributed by atoms with Gasteiger partial charge in [-0.2, -0.15) is 0 Å². The van der Waals surface area contributed by atoms with Gasteiger partial charge in [0.05, 0.1) is 4.90 Å². The van der Waals surface area contributed by atoms with E-state index in [1.54, 1.807) is 24.3 Å². The number of carbonyl (C=O) groups excluding carboxylic acids is 1. The van der Waals surface area contributed by atoms with Gasteiger partial charge in [0, 0.05) is 34.0 Å². The van der Waals surface area contributed by atoms with E-state index in [4.69, 9.17) is 0 Å². The molecule has 8 heteroatoms. The summed E-state index contributed by atoms with van der Waals surface area (Å²) < 4.78 is 27.8. The summed E-state index contributed by atoms with van der Waals surface area (Å²) in [6.07, 6.45) is 0. The molecule has 1 amide bonds.